The van der Waals surface area contributed by atoms with Crippen molar-refractivity contribution in [2.45, 2.75) is 39.1 Å². The van der Waals surface area contributed by atoms with Gasteiger partial charge in [0, 0.05) is 12.4 Å². The number of aromatic nitrogens is 3. The first-order valence-corrected chi connectivity index (χ1v) is 7.40. The van der Waals surface area contributed by atoms with Crippen molar-refractivity contribution in [2.24, 2.45) is 0 Å². The largest absolute Gasteiger partial charge is 0.349 e. The van der Waals surface area contributed by atoms with Crippen LogP contribution in [0.5, 0.6) is 0 Å². The molecule has 0 aliphatic heterocycles. The van der Waals surface area contributed by atoms with E-state index in [2.05, 4.69) is 46.5 Å². The fourth-order valence-corrected chi connectivity index (χ4v) is 2.12. The lowest BCUT2D eigenvalue weighted by Gasteiger charge is -2.08. The first kappa shape index (κ1) is 14.7. The second-order valence-electron chi connectivity index (χ2n) is 4.54. The van der Waals surface area contributed by atoms with Crippen LogP contribution in [0.2, 0.25) is 0 Å². The van der Waals surface area contributed by atoms with Crippen molar-refractivity contribution < 1.29 is 0 Å². The van der Waals surface area contributed by atoms with Gasteiger partial charge in [0.05, 0.1) is 11.4 Å². The average Bonchev–Trinajstić information content (AvgIpc) is 2.53. The number of rotatable bonds is 6. The third-order valence-corrected chi connectivity index (χ3v) is 3.45. The van der Waals surface area contributed by atoms with Crippen molar-refractivity contribution in [3.63, 3.8) is 0 Å². The molecule has 0 saturated heterocycles. The predicted octanol–water partition coefficient (Wildman–Crippen LogP) is 3.35. The summed E-state index contributed by atoms with van der Waals surface area (Å²) in [6, 6.07) is 8.17. The SMILES string of the molecule is CCc1nnc(NCc2ccc(CCl)cc2)nc1CC. The predicted molar refractivity (Wildman–Crippen MR) is 81.9 cm³/mol. The van der Waals surface area contributed by atoms with Crippen LogP contribution in [0.3, 0.4) is 0 Å². The Morgan fingerprint density at radius 1 is 0.950 bits per heavy atom. The fraction of sp³-hybridized carbons (Fsp3) is 0.400. The number of nitrogens with one attached hydrogen (secondary N) is 1. The second kappa shape index (κ2) is 7.20. The lowest BCUT2D eigenvalue weighted by Crippen LogP contribution is -2.09. The molecule has 1 aromatic heterocycles. The molecule has 0 unspecified atom stereocenters. The summed E-state index contributed by atoms with van der Waals surface area (Å²) in [7, 11) is 0. The van der Waals surface area contributed by atoms with E-state index in [0.717, 1.165) is 29.8 Å². The molecule has 2 rings (SSSR count). The topological polar surface area (TPSA) is 50.7 Å². The molecular formula is C15H19ClN4. The number of aryl methyl sites for hydroxylation is 2. The van der Waals surface area contributed by atoms with Crippen LogP contribution >= 0.6 is 11.6 Å². The molecule has 1 heterocycles. The van der Waals surface area contributed by atoms with Crippen LogP contribution in [-0.4, -0.2) is 15.2 Å². The zero-order valence-corrected chi connectivity index (χ0v) is 12.6. The molecule has 0 saturated carbocycles. The number of alkyl halides is 1. The van der Waals surface area contributed by atoms with Gasteiger partial charge in [-0.3, -0.25) is 0 Å². The maximum absolute atomic E-state index is 5.77. The van der Waals surface area contributed by atoms with Crippen LogP contribution in [-0.2, 0) is 25.3 Å². The Morgan fingerprint density at radius 3 is 2.20 bits per heavy atom. The van der Waals surface area contributed by atoms with Crippen molar-refractivity contribution in [1.82, 2.24) is 15.2 Å². The molecule has 20 heavy (non-hydrogen) atoms. The molecule has 1 N–H and O–H groups in total. The lowest BCUT2D eigenvalue weighted by molar-refractivity contribution is 0.819. The first-order chi connectivity index (χ1) is 9.76. The number of nitrogens with zero attached hydrogens (tertiary/aromatic N) is 3. The molecule has 2 aromatic rings. The molecule has 1 aromatic carbocycles. The molecule has 0 atom stereocenters. The van der Waals surface area contributed by atoms with Crippen molar-refractivity contribution in [2.75, 3.05) is 5.32 Å². The summed E-state index contributed by atoms with van der Waals surface area (Å²) in [6.45, 7) is 4.83. The molecule has 4 nitrogen and oxygen atoms in total. The van der Waals surface area contributed by atoms with Gasteiger partial charge in [-0.05, 0) is 24.0 Å². The van der Waals surface area contributed by atoms with Gasteiger partial charge >= 0.3 is 0 Å². The Kier molecular flexibility index (Phi) is 5.30. The summed E-state index contributed by atoms with van der Waals surface area (Å²) in [5, 5.41) is 11.5. The monoisotopic (exact) mass is 290 g/mol. The molecule has 5 heteroatoms. The van der Waals surface area contributed by atoms with Gasteiger partial charge in [0.15, 0.2) is 0 Å². The highest BCUT2D eigenvalue weighted by Gasteiger charge is 2.05. The molecule has 106 valence electrons. The molecule has 0 aliphatic carbocycles. The van der Waals surface area contributed by atoms with Gasteiger partial charge < -0.3 is 5.32 Å². The number of hydrogen-bond donors (Lipinski definition) is 1. The van der Waals surface area contributed by atoms with E-state index < -0.39 is 0 Å². The average molecular weight is 291 g/mol. The van der Waals surface area contributed by atoms with Gasteiger partial charge in [-0.1, -0.05) is 38.1 Å². The summed E-state index contributed by atoms with van der Waals surface area (Å²) in [5.41, 5.74) is 4.28. The van der Waals surface area contributed by atoms with Gasteiger partial charge in [-0.15, -0.1) is 16.7 Å². The normalized spacial score (nSPS) is 10.6. The van der Waals surface area contributed by atoms with E-state index in [4.69, 9.17) is 11.6 Å². The second-order valence-corrected chi connectivity index (χ2v) is 4.81. The van der Waals surface area contributed by atoms with Gasteiger partial charge in [-0.25, -0.2) is 4.98 Å². The minimum absolute atomic E-state index is 0.541. The first-order valence-electron chi connectivity index (χ1n) is 6.87. The van der Waals surface area contributed by atoms with Gasteiger partial charge in [0.1, 0.15) is 0 Å². The fourth-order valence-electron chi connectivity index (χ4n) is 1.94. The maximum atomic E-state index is 5.77. The third kappa shape index (κ3) is 3.67. The minimum atomic E-state index is 0.541. The van der Waals surface area contributed by atoms with Crippen LogP contribution in [0.15, 0.2) is 24.3 Å². The summed E-state index contributed by atoms with van der Waals surface area (Å²) in [5.74, 6) is 1.12. The van der Waals surface area contributed by atoms with Crippen LogP contribution in [0.25, 0.3) is 0 Å². The molecule has 0 amide bonds. The lowest BCUT2D eigenvalue weighted by atomic mass is 10.1. The summed E-state index contributed by atoms with van der Waals surface area (Å²) >= 11 is 5.77. The van der Waals surface area contributed by atoms with Crippen molar-refractivity contribution in [3.8, 4) is 0 Å². The van der Waals surface area contributed by atoms with E-state index in [0.29, 0.717) is 18.4 Å². The van der Waals surface area contributed by atoms with Crippen LogP contribution in [0, 0.1) is 0 Å². The number of benzene rings is 1. The third-order valence-electron chi connectivity index (χ3n) is 3.14. The smallest absolute Gasteiger partial charge is 0.243 e. The van der Waals surface area contributed by atoms with Gasteiger partial charge in [0.25, 0.3) is 0 Å². The van der Waals surface area contributed by atoms with Crippen LogP contribution in [0.1, 0.15) is 36.4 Å². The van der Waals surface area contributed by atoms with E-state index in [1.807, 2.05) is 12.1 Å². The van der Waals surface area contributed by atoms with Crippen molar-refractivity contribution in [3.05, 3.63) is 46.8 Å². The van der Waals surface area contributed by atoms with E-state index in [1.165, 1.54) is 5.56 Å². The summed E-state index contributed by atoms with van der Waals surface area (Å²) < 4.78 is 0. The Bertz CT molecular complexity index is 554. The van der Waals surface area contributed by atoms with Crippen LogP contribution in [0.4, 0.5) is 5.95 Å². The molecular weight excluding hydrogens is 272 g/mol. The highest BCUT2D eigenvalue weighted by Crippen LogP contribution is 2.10. The Morgan fingerprint density at radius 2 is 1.60 bits per heavy atom. The Hall–Kier alpha value is -1.68. The highest BCUT2D eigenvalue weighted by atomic mass is 35.5. The van der Waals surface area contributed by atoms with E-state index >= 15 is 0 Å². The number of hydrogen-bond acceptors (Lipinski definition) is 4. The van der Waals surface area contributed by atoms with Crippen LogP contribution < -0.4 is 5.32 Å². The van der Waals surface area contributed by atoms with Crippen molar-refractivity contribution >= 4 is 17.5 Å². The number of anilines is 1. The van der Waals surface area contributed by atoms with E-state index in [-0.39, 0.29) is 0 Å². The van der Waals surface area contributed by atoms with Crippen molar-refractivity contribution in [1.29, 1.82) is 0 Å². The molecule has 0 fully saturated rings. The Labute approximate surface area is 124 Å². The van der Waals surface area contributed by atoms with Gasteiger partial charge in [0.2, 0.25) is 5.95 Å². The summed E-state index contributed by atoms with van der Waals surface area (Å²) in [6.07, 6.45) is 1.74. The quantitative estimate of drug-likeness (QED) is 0.829. The van der Waals surface area contributed by atoms with E-state index in [1.54, 1.807) is 0 Å². The van der Waals surface area contributed by atoms with Gasteiger partial charge in [-0.2, -0.15) is 5.10 Å². The summed E-state index contributed by atoms with van der Waals surface area (Å²) in [4.78, 5) is 4.50. The zero-order valence-electron chi connectivity index (χ0n) is 11.9. The molecule has 0 aliphatic rings. The highest BCUT2D eigenvalue weighted by molar-refractivity contribution is 6.17. The Balaban J connectivity index is 2.02. The maximum Gasteiger partial charge on any atom is 0.243 e. The zero-order chi connectivity index (χ0) is 14.4. The molecule has 0 spiro atoms. The van der Waals surface area contributed by atoms with E-state index in [9.17, 15) is 0 Å². The number of halogens is 1. The standard InChI is InChI=1S/C15H19ClN4/c1-3-13-14(4-2)19-20-15(18-13)17-10-12-7-5-11(9-16)6-8-12/h5-8H,3-4,9-10H2,1-2H3,(H,17,18,20). The minimum Gasteiger partial charge on any atom is -0.349 e. The molecule has 0 radical (unpaired) electrons. The molecule has 0 bridgehead atoms.